The first kappa shape index (κ1) is 11.7. The smallest absolute Gasteiger partial charge is 0.125 e. The third-order valence-corrected chi connectivity index (χ3v) is 3.88. The van der Waals surface area contributed by atoms with Gasteiger partial charge in [0.15, 0.2) is 0 Å². The fourth-order valence-corrected chi connectivity index (χ4v) is 2.93. The lowest BCUT2D eigenvalue weighted by Gasteiger charge is -2.26. The Morgan fingerprint density at radius 3 is 2.72 bits per heavy atom. The fraction of sp³-hybridized carbons (Fsp3) is 0.467. The molecule has 2 heterocycles. The molecule has 0 amide bonds. The first-order valence-electron chi connectivity index (χ1n) is 6.70. The van der Waals surface area contributed by atoms with Crippen LogP contribution in [0.15, 0.2) is 24.4 Å². The number of nitrogens with zero attached hydrogens (tertiary/aromatic N) is 2. The number of likely N-dealkylation sites (tertiary alicyclic amines) is 1. The molecule has 2 nitrogen and oxygen atoms in total. The predicted molar refractivity (Wildman–Crippen MR) is 72.0 cm³/mol. The van der Waals surface area contributed by atoms with Gasteiger partial charge in [-0.25, -0.2) is 4.39 Å². The second kappa shape index (κ2) is 4.73. The van der Waals surface area contributed by atoms with E-state index in [0.717, 1.165) is 12.1 Å². The highest BCUT2D eigenvalue weighted by atomic mass is 19.1. The van der Waals surface area contributed by atoms with Crippen molar-refractivity contribution in [1.82, 2.24) is 9.47 Å². The summed E-state index contributed by atoms with van der Waals surface area (Å²) in [6, 6.07) is 5.08. The second-order valence-corrected chi connectivity index (χ2v) is 5.26. The Kier molecular flexibility index (Phi) is 3.08. The van der Waals surface area contributed by atoms with E-state index in [-0.39, 0.29) is 5.82 Å². The van der Waals surface area contributed by atoms with E-state index in [1.54, 1.807) is 12.1 Å². The van der Waals surface area contributed by atoms with Crippen LogP contribution in [-0.4, -0.2) is 22.6 Å². The zero-order chi connectivity index (χ0) is 12.5. The van der Waals surface area contributed by atoms with Crippen LogP contribution in [0.25, 0.3) is 10.9 Å². The van der Waals surface area contributed by atoms with Crippen LogP contribution in [0.1, 0.15) is 24.8 Å². The standard InChI is InChI=1S/C15H19FN2/c1-17-10-12(11-18-7-3-2-4-8-18)14-6-5-13(16)9-15(14)17/h5-6,9-10H,2-4,7-8,11H2,1H3. The summed E-state index contributed by atoms with van der Waals surface area (Å²) in [5.41, 5.74) is 2.30. The highest BCUT2D eigenvalue weighted by Gasteiger charge is 2.14. The summed E-state index contributed by atoms with van der Waals surface area (Å²) in [6.45, 7) is 3.37. The van der Waals surface area contributed by atoms with E-state index in [0.29, 0.717) is 0 Å². The van der Waals surface area contributed by atoms with Gasteiger partial charge in [0.25, 0.3) is 0 Å². The van der Waals surface area contributed by atoms with Crippen LogP contribution in [0.4, 0.5) is 4.39 Å². The quantitative estimate of drug-likeness (QED) is 0.789. The van der Waals surface area contributed by atoms with Gasteiger partial charge in [-0.1, -0.05) is 6.42 Å². The third kappa shape index (κ3) is 2.15. The largest absolute Gasteiger partial charge is 0.350 e. The summed E-state index contributed by atoms with van der Waals surface area (Å²) < 4.78 is 15.3. The van der Waals surface area contributed by atoms with Gasteiger partial charge in [-0.05, 0) is 49.7 Å². The number of hydrogen-bond donors (Lipinski definition) is 0. The molecular formula is C15H19FN2. The van der Waals surface area contributed by atoms with Gasteiger partial charge in [0.1, 0.15) is 5.82 Å². The van der Waals surface area contributed by atoms with Crippen molar-refractivity contribution in [2.75, 3.05) is 13.1 Å². The minimum absolute atomic E-state index is 0.159. The van der Waals surface area contributed by atoms with E-state index >= 15 is 0 Å². The summed E-state index contributed by atoms with van der Waals surface area (Å²) in [7, 11) is 1.99. The molecule has 1 fully saturated rings. The molecule has 1 aliphatic rings. The number of rotatable bonds is 2. The zero-order valence-electron chi connectivity index (χ0n) is 10.8. The summed E-state index contributed by atoms with van der Waals surface area (Å²) in [4.78, 5) is 2.50. The molecule has 0 spiro atoms. The van der Waals surface area contributed by atoms with E-state index in [1.165, 1.54) is 43.3 Å². The molecule has 18 heavy (non-hydrogen) atoms. The monoisotopic (exact) mass is 246 g/mol. The summed E-state index contributed by atoms with van der Waals surface area (Å²) in [5, 5.41) is 1.18. The number of fused-ring (bicyclic) bond motifs is 1. The van der Waals surface area contributed by atoms with Crippen LogP contribution < -0.4 is 0 Å². The molecule has 96 valence electrons. The first-order chi connectivity index (χ1) is 8.74. The lowest BCUT2D eigenvalue weighted by Crippen LogP contribution is -2.28. The van der Waals surface area contributed by atoms with E-state index in [1.807, 2.05) is 17.7 Å². The molecule has 3 rings (SSSR count). The van der Waals surface area contributed by atoms with E-state index < -0.39 is 0 Å². The van der Waals surface area contributed by atoms with Crippen molar-refractivity contribution in [3.05, 3.63) is 35.8 Å². The zero-order valence-corrected chi connectivity index (χ0v) is 10.8. The van der Waals surface area contributed by atoms with E-state index in [2.05, 4.69) is 11.1 Å². The van der Waals surface area contributed by atoms with Crippen LogP contribution in [0.3, 0.4) is 0 Å². The van der Waals surface area contributed by atoms with Crippen LogP contribution in [-0.2, 0) is 13.6 Å². The Morgan fingerprint density at radius 1 is 1.17 bits per heavy atom. The van der Waals surface area contributed by atoms with E-state index in [9.17, 15) is 4.39 Å². The van der Waals surface area contributed by atoms with Gasteiger partial charge in [0.05, 0.1) is 5.52 Å². The molecule has 1 aliphatic heterocycles. The van der Waals surface area contributed by atoms with E-state index in [4.69, 9.17) is 0 Å². The fourth-order valence-electron chi connectivity index (χ4n) is 2.93. The number of halogens is 1. The maximum atomic E-state index is 13.3. The molecular weight excluding hydrogens is 227 g/mol. The van der Waals surface area contributed by atoms with Crippen LogP contribution >= 0.6 is 0 Å². The highest BCUT2D eigenvalue weighted by molar-refractivity contribution is 5.83. The minimum Gasteiger partial charge on any atom is -0.350 e. The topological polar surface area (TPSA) is 8.17 Å². The van der Waals surface area contributed by atoms with Gasteiger partial charge in [-0.3, -0.25) is 4.90 Å². The van der Waals surface area contributed by atoms with Crippen molar-refractivity contribution in [2.24, 2.45) is 7.05 Å². The summed E-state index contributed by atoms with van der Waals surface area (Å²) in [6.07, 6.45) is 6.11. The molecule has 0 unspecified atom stereocenters. The maximum absolute atomic E-state index is 13.3. The molecule has 0 saturated carbocycles. The maximum Gasteiger partial charge on any atom is 0.125 e. The molecule has 2 aromatic rings. The average Bonchev–Trinajstić information content (AvgIpc) is 2.67. The highest BCUT2D eigenvalue weighted by Crippen LogP contribution is 2.24. The van der Waals surface area contributed by atoms with Crippen molar-refractivity contribution in [3.63, 3.8) is 0 Å². The molecule has 0 N–H and O–H groups in total. The van der Waals surface area contributed by atoms with Crippen molar-refractivity contribution in [2.45, 2.75) is 25.8 Å². The Bertz CT molecular complexity index is 553. The van der Waals surface area contributed by atoms with Gasteiger partial charge in [-0.2, -0.15) is 0 Å². The lowest BCUT2D eigenvalue weighted by atomic mass is 10.1. The molecule has 0 bridgehead atoms. The number of hydrogen-bond acceptors (Lipinski definition) is 1. The lowest BCUT2D eigenvalue weighted by molar-refractivity contribution is 0.221. The SMILES string of the molecule is Cn1cc(CN2CCCCC2)c2ccc(F)cc21. The Morgan fingerprint density at radius 2 is 1.94 bits per heavy atom. The third-order valence-electron chi connectivity index (χ3n) is 3.88. The van der Waals surface area contributed by atoms with Crippen molar-refractivity contribution >= 4 is 10.9 Å². The number of aromatic nitrogens is 1. The number of benzene rings is 1. The number of aryl methyl sites for hydroxylation is 1. The van der Waals surface area contributed by atoms with Gasteiger partial charge >= 0.3 is 0 Å². The van der Waals surface area contributed by atoms with Gasteiger partial charge in [0.2, 0.25) is 0 Å². The molecule has 3 heteroatoms. The van der Waals surface area contributed by atoms with Crippen molar-refractivity contribution in [3.8, 4) is 0 Å². The molecule has 1 aromatic carbocycles. The Hall–Kier alpha value is -1.35. The molecule has 0 atom stereocenters. The van der Waals surface area contributed by atoms with Crippen molar-refractivity contribution in [1.29, 1.82) is 0 Å². The Balaban J connectivity index is 1.91. The van der Waals surface area contributed by atoms with Crippen LogP contribution in [0.2, 0.25) is 0 Å². The first-order valence-corrected chi connectivity index (χ1v) is 6.70. The van der Waals surface area contributed by atoms with Crippen LogP contribution in [0.5, 0.6) is 0 Å². The Labute approximate surface area is 107 Å². The summed E-state index contributed by atoms with van der Waals surface area (Å²) in [5.74, 6) is -0.159. The average molecular weight is 246 g/mol. The number of piperidine rings is 1. The predicted octanol–water partition coefficient (Wildman–Crippen LogP) is 3.30. The van der Waals surface area contributed by atoms with Crippen molar-refractivity contribution < 1.29 is 4.39 Å². The second-order valence-electron chi connectivity index (χ2n) is 5.26. The molecule has 1 aromatic heterocycles. The minimum atomic E-state index is -0.159. The van der Waals surface area contributed by atoms with Gasteiger partial charge < -0.3 is 4.57 Å². The molecule has 0 radical (unpaired) electrons. The molecule has 0 aliphatic carbocycles. The van der Waals surface area contributed by atoms with Gasteiger partial charge in [-0.15, -0.1) is 0 Å². The molecule has 1 saturated heterocycles. The normalized spacial score (nSPS) is 17.4. The van der Waals surface area contributed by atoms with Crippen LogP contribution in [0, 0.1) is 5.82 Å². The summed E-state index contributed by atoms with van der Waals surface area (Å²) >= 11 is 0. The van der Waals surface area contributed by atoms with Gasteiger partial charge in [0, 0.05) is 25.2 Å².